The molecule has 0 heterocycles. The molecule has 84 valence electrons. The molecule has 1 rings (SSSR count). The van der Waals surface area contributed by atoms with Gasteiger partial charge in [-0.15, -0.1) is 0 Å². The Bertz CT molecular complexity index is 344. The molecule has 0 aliphatic heterocycles. The Labute approximate surface area is 90.9 Å². The van der Waals surface area contributed by atoms with Crippen molar-refractivity contribution in [1.82, 2.24) is 0 Å². The molecule has 1 N–H and O–H groups in total. The van der Waals surface area contributed by atoms with Crippen LogP contribution in [-0.4, -0.2) is 5.11 Å². The second kappa shape index (κ2) is 4.31. The van der Waals surface area contributed by atoms with E-state index >= 15 is 0 Å². The number of aliphatic hydroxyl groups excluding tert-OH is 1. The van der Waals surface area contributed by atoms with Gasteiger partial charge in [-0.2, -0.15) is 0 Å². The zero-order chi connectivity index (χ0) is 11.6. The third-order valence-corrected chi connectivity index (χ3v) is 3.18. The van der Waals surface area contributed by atoms with Crippen molar-refractivity contribution in [3.63, 3.8) is 0 Å². The van der Waals surface area contributed by atoms with Crippen molar-refractivity contribution < 1.29 is 9.50 Å². The molecule has 1 unspecified atom stereocenters. The zero-order valence-electron chi connectivity index (χ0n) is 9.84. The van der Waals surface area contributed by atoms with Gasteiger partial charge in [-0.05, 0) is 42.0 Å². The van der Waals surface area contributed by atoms with Crippen LogP contribution in [0.5, 0.6) is 0 Å². The molecule has 15 heavy (non-hydrogen) atoms. The monoisotopic (exact) mass is 210 g/mol. The molecule has 0 aliphatic rings. The van der Waals surface area contributed by atoms with Crippen LogP contribution in [-0.2, 0) is 0 Å². The van der Waals surface area contributed by atoms with Crippen LogP contribution >= 0.6 is 0 Å². The van der Waals surface area contributed by atoms with Crippen LogP contribution in [0.1, 0.15) is 44.4 Å². The maximum Gasteiger partial charge on any atom is 0.123 e. The highest BCUT2D eigenvalue weighted by atomic mass is 19.1. The predicted octanol–water partition coefficient (Wildman–Crippen LogP) is 3.60. The Morgan fingerprint density at radius 3 is 2.47 bits per heavy atom. The van der Waals surface area contributed by atoms with Crippen LogP contribution in [0.25, 0.3) is 0 Å². The fourth-order valence-corrected chi connectivity index (χ4v) is 1.56. The topological polar surface area (TPSA) is 20.2 Å². The van der Waals surface area contributed by atoms with E-state index in [-0.39, 0.29) is 11.2 Å². The van der Waals surface area contributed by atoms with E-state index < -0.39 is 6.10 Å². The Balaban J connectivity index is 3.06. The van der Waals surface area contributed by atoms with Gasteiger partial charge in [0.05, 0.1) is 6.10 Å². The van der Waals surface area contributed by atoms with Gasteiger partial charge >= 0.3 is 0 Å². The van der Waals surface area contributed by atoms with Crippen LogP contribution < -0.4 is 0 Å². The number of halogens is 1. The molecule has 0 radical (unpaired) electrons. The van der Waals surface area contributed by atoms with Crippen molar-refractivity contribution in [2.45, 2.75) is 40.2 Å². The highest BCUT2D eigenvalue weighted by molar-refractivity contribution is 5.29. The van der Waals surface area contributed by atoms with Crippen LogP contribution in [0.4, 0.5) is 4.39 Å². The van der Waals surface area contributed by atoms with Gasteiger partial charge in [0.25, 0.3) is 0 Å². The Hall–Kier alpha value is -0.890. The maximum absolute atomic E-state index is 12.9. The van der Waals surface area contributed by atoms with E-state index in [1.54, 1.807) is 6.07 Å². The molecule has 1 nitrogen and oxygen atoms in total. The number of rotatable bonds is 3. The minimum absolute atomic E-state index is 0.178. The van der Waals surface area contributed by atoms with Gasteiger partial charge in [0.2, 0.25) is 0 Å². The van der Waals surface area contributed by atoms with Crippen LogP contribution in [0.2, 0.25) is 0 Å². The van der Waals surface area contributed by atoms with Crippen molar-refractivity contribution in [3.05, 3.63) is 35.1 Å². The summed E-state index contributed by atoms with van der Waals surface area (Å²) in [5, 5.41) is 10.2. The van der Waals surface area contributed by atoms with E-state index in [1.165, 1.54) is 12.1 Å². The zero-order valence-corrected chi connectivity index (χ0v) is 9.84. The third kappa shape index (κ3) is 2.57. The van der Waals surface area contributed by atoms with Crippen molar-refractivity contribution in [2.24, 2.45) is 5.41 Å². The van der Waals surface area contributed by atoms with Gasteiger partial charge in [-0.25, -0.2) is 4.39 Å². The van der Waals surface area contributed by atoms with E-state index in [9.17, 15) is 9.50 Å². The normalized spacial score (nSPS) is 14.0. The van der Waals surface area contributed by atoms with Crippen molar-refractivity contribution in [1.29, 1.82) is 0 Å². The molecule has 0 saturated carbocycles. The van der Waals surface area contributed by atoms with E-state index in [1.807, 2.05) is 27.7 Å². The maximum atomic E-state index is 12.9. The van der Waals surface area contributed by atoms with Crippen molar-refractivity contribution in [3.8, 4) is 0 Å². The highest BCUT2D eigenvalue weighted by Gasteiger charge is 2.28. The molecule has 0 amide bonds. The lowest BCUT2D eigenvalue weighted by atomic mass is 9.79. The molecule has 1 aromatic rings. The van der Waals surface area contributed by atoms with E-state index in [4.69, 9.17) is 0 Å². The van der Waals surface area contributed by atoms with Gasteiger partial charge in [0, 0.05) is 0 Å². The summed E-state index contributed by atoms with van der Waals surface area (Å²) < 4.78 is 12.9. The summed E-state index contributed by atoms with van der Waals surface area (Å²) >= 11 is 0. The fraction of sp³-hybridized carbons (Fsp3) is 0.538. The molecule has 0 aliphatic carbocycles. The molecule has 0 fully saturated rings. The Kier molecular flexibility index (Phi) is 3.50. The van der Waals surface area contributed by atoms with E-state index in [0.29, 0.717) is 0 Å². The SMILES string of the molecule is CCC(C)(C)C(O)c1ccc(F)cc1C. The summed E-state index contributed by atoms with van der Waals surface area (Å²) in [7, 11) is 0. The number of hydrogen-bond donors (Lipinski definition) is 1. The summed E-state index contributed by atoms with van der Waals surface area (Å²) in [5.74, 6) is -0.252. The van der Waals surface area contributed by atoms with Crippen LogP contribution in [0.15, 0.2) is 18.2 Å². The molecule has 0 saturated heterocycles. The van der Waals surface area contributed by atoms with Gasteiger partial charge < -0.3 is 5.11 Å². The van der Waals surface area contributed by atoms with E-state index in [2.05, 4.69) is 0 Å². The number of benzene rings is 1. The summed E-state index contributed by atoms with van der Waals surface area (Å²) in [4.78, 5) is 0. The molecular weight excluding hydrogens is 191 g/mol. The Morgan fingerprint density at radius 2 is 2.00 bits per heavy atom. The minimum Gasteiger partial charge on any atom is -0.388 e. The van der Waals surface area contributed by atoms with Gasteiger partial charge in [-0.3, -0.25) is 0 Å². The smallest absolute Gasteiger partial charge is 0.123 e. The van der Waals surface area contributed by atoms with Gasteiger partial charge in [0.15, 0.2) is 0 Å². The molecule has 0 aromatic heterocycles. The van der Waals surface area contributed by atoms with Gasteiger partial charge in [-0.1, -0.05) is 26.8 Å². The standard InChI is InChI=1S/C13H19FO/c1-5-13(3,4)12(15)11-7-6-10(14)8-9(11)2/h6-8,12,15H,5H2,1-4H3. The number of aliphatic hydroxyl groups is 1. The summed E-state index contributed by atoms with van der Waals surface area (Å²) in [6.07, 6.45) is 0.341. The first-order chi connectivity index (χ1) is 6.88. The Morgan fingerprint density at radius 1 is 1.40 bits per heavy atom. The first-order valence-electron chi connectivity index (χ1n) is 5.32. The number of hydrogen-bond acceptors (Lipinski definition) is 1. The molecule has 1 atom stereocenters. The lowest BCUT2D eigenvalue weighted by Gasteiger charge is -2.30. The van der Waals surface area contributed by atoms with E-state index in [0.717, 1.165) is 17.5 Å². The van der Waals surface area contributed by atoms with Gasteiger partial charge in [0.1, 0.15) is 5.82 Å². The highest BCUT2D eigenvalue weighted by Crippen LogP contribution is 2.37. The fourth-order valence-electron chi connectivity index (χ4n) is 1.56. The second-order valence-corrected chi connectivity index (χ2v) is 4.75. The molecule has 2 heteroatoms. The average molecular weight is 210 g/mol. The van der Waals surface area contributed by atoms with Crippen molar-refractivity contribution >= 4 is 0 Å². The largest absolute Gasteiger partial charge is 0.388 e. The molecule has 0 bridgehead atoms. The third-order valence-electron chi connectivity index (χ3n) is 3.18. The first kappa shape index (κ1) is 12.2. The molecular formula is C13H19FO. The summed E-state index contributed by atoms with van der Waals surface area (Å²) in [6.45, 7) is 7.90. The lowest BCUT2D eigenvalue weighted by molar-refractivity contribution is 0.0460. The van der Waals surface area contributed by atoms with Crippen molar-refractivity contribution in [2.75, 3.05) is 0 Å². The predicted molar refractivity (Wildman–Crippen MR) is 60.2 cm³/mol. The average Bonchev–Trinajstić information content (AvgIpc) is 2.17. The summed E-state index contributed by atoms with van der Waals surface area (Å²) in [6, 6.07) is 4.54. The summed E-state index contributed by atoms with van der Waals surface area (Å²) in [5.41, 5.74) is 1.45. The molecule has 0 spiro atoms. The van der Waals surface area contributed by atoms with Crippen LogP contribution in [0, 0.1) is 18.2 Å². The lowest BCUT2D eigenvalue weighted by Crippen LogP contribution is -2.21. The first-order valence-corrected chi connectivity index (χ1v) is 5.32. The second-order valence-electron chi connectivity index (χ2n) is 4.75. The molecule has 1 aromatic carbocycles. The number of aryl methyl sites for hydroxylation is 1. The quantitative estimate of drug-likeness (QED) is 0.808. The minimum atomic E-state index is -0.539. The van der Waals surface area contributed by atoms with Crippen LogP contribution in [0.3, 0.4) is 0 Å².